The van der Waals surface area contributed by atoms with Gasteiger partial charge in [-0.3, -0.25) is 4.79 Å². The highest BCUT2D eigenvalue weighted by molar-refractivity contribution is 5.98. The molecule has 0 N–H and O–H groups in total. The first kappa shape index (κ1) is 9.13. The molecule has 0 radical (unpaired) electrons. The van der Waals surface area contributed by atoms with Gasteiger partial charge < -0.3 is 4.79 Å². The molecule has 0 saturated heterocycles. The third kappa shape index (κ3) is 1.48. The lowest BCUT2D eigenvalue weighted by Crippen LogP contribution is -2.15. The molecular weight excluding hydrogens is 176 g/mol. The van der Waals surface area contributed by atoms with Gasteiger partial charge in [-0.25, -0.2) is 0 Å². The van der Waals surface area contributed by atoms with Crippen LogP contribution in [0, 0.1) is 0 Å². The normalized spacial score (nSPS) is 20.3. The minimum Gasteiger partial charge on any atom is -0.303 e. The molecule has 0 aliphatic heterocycles. The van der Waals surface area contributed by atoms with Crippen molar-refractivity contribution in [2.75, 3.05) is 0 Å². The Morgan fingerprint density at radius 1 is 1.36 bits per heavy atom. The summed E-state index contributed by atoms with van der Waals surface area (Å²) in [5, 5.41) is 0. The minimum atomic E-state index is 0.211. The summed E-state index contributed by atoms with van der Waals surface area (Å²) in [5.74, 6) is 0.462. The van der Waals surface area contributed by atoms with Crippen molar-refractivity contribution in [2.24, 2.45) is 0 Å². The highest BCUT2D eigenvalue weighted by atomic mass is 16.1. The summed E-state index contributed by atoms with van der Waals surface area (Å²) in [6.07, 6.45) is 2.87. The number of ketones is 1. The lowest BCUT2D eigenvalue weighted by Gasteiger charge is -2.22. The number of carbonyl (C=O) groups excluding carboxylic acids is 2. The van der Waals surface area contributed by atoms with Gasteiger partial charge in [-0.15, -0.1) is 0 Å². The van der Waals surface area contributed by atoms with Crippen molar-refractivity contribution < 1.29 is 9.59 Å². The summed E-state index contributed by atoms with van der Waals surface area (Å²) in [4.78, 5) is 22.0. The van der Waals surface area contributed by atoms with Crippen LogP contribution in [0.3, 0.4) is 0 Å². The molecule has 1 unspecified atom stereocenters. The first-order valence-electron chi connectivity index (χ1n) is 4.88. The van der Waals surface area contributed by atoms with E-state index in [0.29, 0.717) is 12.8 Å². The smallest absolute Gasteiger partial charge is 0.163 e. The van der Waals surface area contributed by atoms with Gasteiger partial charge in [0.25, 0.3) is 0 Å². The molecule has 1 aromatic carbocycles. The summed E-state index contributed by atoms with van der Waals surface area (Å²) in [6.45, 7) is 0. The molecule has 0 aromatic heterocycles. The molecule has 2 heteroatoms. The van der Waals surface area contributed by atoms with Crippen molar-refractivity contribution in [3.8, 4) is 0 Å². The van der Waals surface area contributed by atoms with Gasteiger partial charge in [-0.05, 0) is 17.9 Å². The number of fused-ring (bicyclic) bond motifs is 1. The fourth-order valence-electron chi connectivity index (χ4n) is 2.06. The van der Waals surface area contributed by atoms with Crippen molar-refractivity contribution in [1.82, 2.24) is 0 Å². The highest BCUT2D eigenvalue weighted by Gasteiger charge is 2.24. The maximum atomic E-state index is 11.5. The van der Waals surface area contributed by atoms with Crippen molar-refractivity contribution >= 4 is 12.1 Å². The number of aldehydes is 1. The van der Waals surface area contributed by atoms with Crippen molar-refractivity contribution in [1.29, 1.82) is 0 Å². The molecule has 0 amide bonds. The Morgan fingerprint density at radius 2 is 2.14 bits per heavy atom. The first-order chi connectivity index (χ1) is 6.83. The molecule has 0 fully saturated rings. The third-order valence-electron chi connectivity index (χ3n) is 2.80. The molecule has 0 saturated carbocycles. The molecule has 14 heavy (non-hydrogen) atoms. The highest BCUT2D eigenvalue weighted by Crippen LogP contribution is 2.32. The summed E-state index contributed by atoms with van der Waals surface area (Å²) in [7, 11) is 0. The van der Waals surface area contributed by atoms with Crippen LogP contribution in [0.2, 0.25) is 0 Å². The Bertz CT molecular complexity index is 368. The standard InChI is InChI=1S/C12H12O2/c13-8-7-9-5-6-12(14)11-4-2-1-3-10(9)11/h1-4,8-9H,5-7H2. The summed E-state index contributed by atoms with van der Waals surface area (Å²) in [5.41, 5.74) is 1.86. The second kappa shape index (κ2) is 3.74. The van der Waals surface area contributed by atoms with E-state index in [2.05, 4.69) is 0 Å². The lowest BCUT2D eigenvalue weighted by atomic mass is 9.81. The molecule has 0 spiro atoms. The molecule has 1 aromatic rings. The van der Waals surface area contributed by atoms with E-state index in [1.54, 1.807) is 0 Å². The van der Waals surface area contributed by atoms with Crippen LogP contribution < -0.4 is 0 Å². The zero-order valence-corrected chi connectivity index (χ0v) is 7.90. The van der Waals surface area contributed by atoms with Crippen LogP contribution in [0.15, 0.2) is 24.3 Å². The summed E-state index contributed by atoms with van der Waals surface area (Å²) >= 11 is 0. The summed E-state index contributed by atoms with van der Waals surface area (Å²) < 4.78 is 0. The molecule has 1 aliphatic carbocycles. The van der Waals surface area contributed by atoms with Crippen molar-refractivity contribution in [3.05, 3.63) is 35.4 Å². The van der Waals surface area contributed by atoms with E-state index in [1.165, 1.54) is 0 Å². The second-order valence-corrected chi connectivity index (χ2v) is 3.65. The van der Waals surface area contributed by atoms with Crippen LogP contribution in [-0.4, -0.2) is 12.1 Å². The number of hydrogen-bond acceptors (Lipinski definition) is 2. The molecule has 72 valence electrons. The molecular formula is C12H12O2. The van der Waals surface area contributed by atoms with Gasteiger partial charge in [0.2, 0.25) is 0 Å². The van der Waals surface area contributed by atoms with Crippen molar-refractivity contribution in [2.45, 2.75) is 25.2 Å². The molecule has 0 heterocycles. The van der Waals surface area contributed by atoms with Gasteiger partial charge in [0.05, 0.1) is 0 Å². The Hall–Kier alpha value is -1.44. The maximum absolute atomic E-state index is 11.5. The van der Waals surface area contributed by atoms with Crippen LogP contribution in [0.1, 0.15) is 41.1 Å². The molecule has 0 bridgehead atoms. The van der Waals surface area contributed by atoms with E-state index < -0.39 is 0 Å². The second-order valence-electron chi connectivity index (χ2n) is 3.65. The number of rotatable bonds is 2. The molecule has 2 rings (SSSR count). The van der Waals surface area contributed by atoms with E-state index in [0.717, 1.165) is 23.8 Å². The van der Waals surface area contributed by atoms with Gasteiger partial charge in [0, 0.05) is 18.4 Å². The van der Waals surface area contributed by atoms with E-state index in [-0.39, 0.29) is 11.7 Å². The van der Waals surface area contributed by atoms with Gasteiger partial charge in [-0.2, -0.15) is 0 Å². The van der Waals surface area contributed by atoms with Gasteiger partial charge >= 0.3 is 0 Å². The number of hydrogen-bond donors (Lipinski definition) is 0. The van der Waals surface area contributed by atoms with E-state index in [9.17, 15) is 9.59 Å². The van der Waals surface area contributed by atoms with Gasteiger partial charge in [-0.1, -0.05) is 24.3 Å². The van der Waals surface area contributed by atoms with Crippen LogP contribution in [0.25, 0.3) is 0 Å². The average molecular weight is 188 g/mol. The van der Waals surface area contributed by atoms with E-state index in [4.69, 9.17) is 0 Å². The quantitative estimate of drug-likeness (QED) is 0.667. The zero-order chi connectivity index (χ0) is 9.97. The Balaban J connectivity index is 2.41. The number of Topliss-reactive ketones (excluding diaryl/α,β-unsaturated/α-hetero) is 1. The third-order valence-corrected chi connectivity index (χ3v) is 2.80. The molecule has 1 atom stereocenters. The Morgan fingerprint density at radius 3 is 2.93 bits per heavy atom. The fourth-order valence-corrected chi connectivity index (χ4v) is 2.06. The predicted octanol–water partition coefficient (Wildman–Crippen LogP) is 2.34. The van der Waals surface area contributed by atoms with E-state index in [1.807, 2.05) is 24.3 Å². The summed E-state index contributed by atoms with van der Waals surface area (Å²) in [6, 6.07) is 7.62. The first-order valence-corrected chi connectivity index (χ1v) is 4.88. The lowest BCUT2D eigenvalue weighted by molar-refractivity contribution is -0.108. The van der Waals surface area contributed by atoms with Crippen LogP contribution in [-0.2, 0) is 4.79 Å². The Labute approximate surface area is 82.9 Å². The minimum absolute atomic E-state index is 0.211. The zero-order valence-electron chi connectivity index (χ0n) is 7.90. The van der Waals surface area contributed by atoms with Crippen molar-refractivity contribution in [3.63, 3.8) is 0 Å². The fraction of sp³-hybridized carbons (Fsp3) is 0.333. The molecule has 1 aliphatic rings. The predicted molar refractivity (Wildman–Crippen MR) is 53.4 cm³/mol. The largest absolute Gasteiger partial charge is 0.303 e. The molecule has 2 nitrogen and oxygen atoms in total. The number of benzene rings is 1. The van der Waals surface area contributed by atoms with Crippen LogP contribution >= 0.6 is 0 Å². The monoisotopic (exact) mass is 188 g/mol. The van der Waals surface area contributed by atoms with Crippen LogP contribution in [0.4, 0.5) is 0 Å². The topological polar surface area (TPSA) is 34.1 Å². The van der Waals surface area contributed by atoms with E-state index >= 15 is 0 Å². The average Bonchev–Trinajstić information content (AvgIpc) is 2.23. The van der Waals surface area contributed by atoms with Gasteiger partial charge in [0.15, 0.2) is 5.78 Å². The number of carbonyl (C=O) groups is 2. The SMILES string of the molecule is O=CCC1CCC(=O)c2ccccc21. The van der Waals surface area contributed by atoms with Gasteiger partial charge in [0.1, 0.15) is 6.29 Å². The maximum Gasteiger partial charge on any atom is 0.163 e. The Kier molecular flexibility index (Phi) is 2.44. The van der Waals surface area contributed by atoms with Crippen LogP contribution in [0.5, 0.6) is 0 Å².